The van der Waals surface area contributed by atoms with Crippen LogP contribution in [0.2, 0.25) is 0 Å². The Morgan fingerprint density at radius 1 is 0.962 bits per heavy atom. The Morgan fingerprint density at radius 3 is 2.31 bits per heavy atom. The first kappa shape index (κ1) is 19.2. The van der Waals surface area contributed by atoms with Crippen LogP contribution in [-0.2, 0) is 4.74 Å². The maximum atomic E-state index is 12.4. The summed E-state index contributed by atoms with van der Waals surface area (Å²) in [5, 5.41) is 5.41. The quantitative estimate of drug-likeness (QED) is 0.697. The van der Waals surface area contributed by atoms with Crippen molar-refractivity contribution >= 4 is 17.5 Å². The first-order valence-electron chi connectivity index (χ1n) is 7.84. The summed E-state index contributed by atoms with van der Waals surface area (Å²) < 4.78 is 15.3. The molecule has 0 radical (unpaired) electrons. The number of methoxy groups -OCH3 is 3. The first-order chi connectivity index (χ1) is 12.6. The number of anilines is 1. The van der Waals surface area contributed by atoms with Crippen molar-refractivity contribution in [1.82, 2.24) is 10.3 Å². The van der Waals surface area contributed by atoms with Gasteiger partial charge in [-0.3, -0.25) is 14.6 Å². The van der Waals surface area contributed by atoms with Crippen molar-refractivity contribution in [2.24, 2.45) is 0 Å². The van der Waals surface area contributed by atoms with Crippen LogP contribution >= 0.6 is 0 Å². The number of carbonyl (C=O) groups excluding carboxylic acids is 2. The van der Waals surface area contributed by atoms with Gasteiger partial charge in [0.15, 0.2) is 11.5 Å². The summed E-state index contributed by atoms with van der Waals surface area (Å²) in [6.45, 7) is 0.774. The van der Waals surface area contributed by atoms with Gasteiger partial charge in [0.1, 0.15) is 0 Å². The van der Waals surface area contributed by atoms with Gasteiger partial charge >= 0.3 is 0 Å². The van der Waals surface area contributed by atoms with Gasteiger partial charge in [-0.15, -0.1) is 0 Å². The van der Waals surface area contributed by atoms with E-state index in [1.165, 1.54) is 32.7 Å². The maximum Gasteiger partial charge on any atom is 0.257 e. The Hall–Kier alpha value is -3.13. The minimum Gasteiger partial charge on any atom is -0.493 e. The molecule has 0 aliphatic carbocycles. The van der Waals surface area contributed by atoms with Crippen LogP contribution in [0.15, 0.2) is 36.7 Å². The molecular formula is C18H21N3O5. The number of pyridine rings is 1. The monoisotopic (exact) mass is 359 g/mol. The van der Waals surface area contributed by atoms with Gasteiger partial charge in [-0.05, 0) is 18.2 Å². The zero-order valence-electron chi connectivity index (χ0n) is 14.9. The lowest BCUT2D eigenvalue weighted by molar-refractivity contribution is 0.0936. The number of carbonyl (C=O) groups is 2. The van der Waals surface area contributed by atoms with Gasteiger partial charge in [0.2, 0.25) is 0 Å². The molecule has 2 rings (SSSR count). The molecule has 0 fully saturated rings. The molecule has 26 heavy (non-hydrogen) atoms. The van der Waals surface area contributed by atoms with Crippen LogP contribution in [0.4, 0.5) is 5.69 Å². The second-order valence-corrected chi connectivity index (χ2v) is 5.23. The van der Waals surface area contributed by atoms with E-state index in [0.29, 0.717) is 35.9 Å². The summed E-state index contributed by atoms with van der Waals surface area (Å²) in [4.78, 5) is 28.4. The summed E-state index contributed by atoms with van der Waals surface area (Å²) in [6, 6.07) is 6.50. The van der Waals surface area contributed by atoms with Crippen LogP contribution in [-0.4, -0.2) is 51.3 Å². The Labute approximate surface area is 151 Å². The minimum atomic E-state index is -0.392. The van der Waals surface area contributed by atoms with E-state index >= 15 is 0 Å². The molecule has 0 aliphatic heterocycles. The van der Waals surface area contributed by atoms with Gasteiger partial charge in [0, 0.05) is 37.8 Å². The number of benzene rings is 1. The van der Waals surface area contributed by atoms with E-state index in [1.807, 2.05) is 0 Å². The fourth-order valence-corrected chi connectivity index (χ4v) is 2.17. The second-order valence-electron chi connectivity index (χ2n) is 5.23. The predicted molar refractivity (Wildman–Crippen MR) is 95.9 cm³/mol. The third-order valence-electron chi connectivity index (χ3n) is 3.50. The van der Waals surface area contributed by atoms with Crippen molar-refractivity contribution < 1.29 is 23.8 Å². The summed E-state index contributed by atoms with van der Waals surface area (Å²) in [5.74, 6) is 0.336. The van der Waals surface area contributed by atoms with Gasteiger partial charge < -0.3 is 24.8 Å². The number of aromatic nitrogens is 1. The Balaban J connectivity index is 2.10. The third kappa shape index (κ3) is 4.93. The zero-order valence-corrected chi connectivity index (χ0v) is 14.9. The summed E-state index contributed by atoms with van der Waals surface area (Å²) in [5.41, 5.74) is 1.09. The van der Waals surface area contributed by atoms with E-state index in [4.69, 9.17) is 14.2 Å². The molecule has 0 atom stereocenters. The molecule has 0 spiro atoms. The molecule has 8 nitrogen and oxygen atoms in total. The molecule has 1 heterocycles. The Kier molecular flexibility index (Phi) is 6.92. The van der Waals surface area contributed by atoms with Gasteiger partial charge in [-0.1, -0.05) is 0 Å². The van der Waals surface area contributed by atoms with Crippen LogP contribution in [0.1, 0.15) is 20.7 Å². The number of ether oxygens (including phenoxy) is 3. The van der Waals surface area contributed by atoms with Gasteiger partial charge in [0.25, 0.3) is 11.8 Å². The highest BCUT2D eigenvalue weighted by molar-refractivity contribution is 6.06. The fourth-order valence-electron chi connectivity index (χ4n) is 2.17. The van der Waals surface area contributed by atoms with E-state index in [2.05, 4.69) is 15.6 Å². The van der Waals surface area contributed by atoms with E-state index in [1.54, 1.807) is 25.3 Å². The molecule has 0 saturated carbocycles. The number of nitrogens with zero attached hydrogens (tertiary/aromatic N) is 1. The van der Waals surface area contributed by atoms with Gasteiger partial charge in [-0.2, -0.15) is 0 Å². The van der Waals surface area contributed by atoms with Crippen LogP contribution < -0.4 is 20.1 Å². The third-order valence-corrected chi connectivity index (χ3v) is 3.50. The highest BCUT2D eigenvalue weighted by atomic mass is 16.5. The number of hydrogen-bond donors (Lipinski definition) is 2. The molecule has 0 saturated heterocycles. The van der Waals surface area contributed by atoms with Crippen molar-refractivity contribution in [3.8, 4) is 11.5 Å². The zero-order chi connectivity index (χ0) is 18.9. The largest absolute Gasteiger partial charge is 0.493 e. The van der Waals surface area contributed by atoms with Crippen LogP contribution in [0.3, 0.4) is 0 Å². The lowest BCUT2D eigenvalue weighted by Gasteiger charge is -2.11. The second kappa shape index (κ2) is 9.38. The van der Waals surface area contributed by atoms with Crippen molar-refractivity contribution in [3.63, 3.8) is 0 Å². The average Bonchev–Trinajstić information content (AvgIpc) is 2.68. The van der Waals surface area contributed by atoms with Gasteiger partial charge in [-0.25, -0.2) is 0 Å². The molecule has 2 amide bonds. The molecular weight excluding hydrogens is 338 g/mol. The standard InChI is InChI=1S/C18H21N3O5/c1-24-7-6-20-17(22)12-8-13(11-19-10-12)18(23)21-14-4-5-15(25-2)16(9-14)26-3/h4-5,8-11H,6-7H2,1-3H3,(H,20,22)(H,21,23). The molecule has 0 bridgehead atoms. The van der Waals surface area contributed by atoms with E-state index in [0.717, 1.165) is 0 Å². The molecule has 138 valence electrons. The summed E-state index contributed by atoms with van der Waals surface area (Å²) in [6.07, 6.45) is 2.79. The number of amides is 2. The molecule has 0 aliphatic rings. The van der Waals surface area contributed by atoms with E-state index < -0.39 is 5.91 Å². The molecule has 0 unspecified atom stereocenters. The molecule has 2 N–H and O–H groups in total. The number of nitrogens with one attached hydrogen (secondary N) is 2. The number of rotatable bonds is 8. The maximum absolute atomic E-state index is 12.4. The summed E-state index contributed by atoms with van der Waals surface area (Å²) in [7, 11) is 4.59. The van der Waals surface area contributed by atoms with E-state index in [-0.39, 0.29) is 11.5 Å². The van der Waals surface area contributed by atoms with Crippen LogP contribution in [0.25, 0.3) is 0 Å². The van der Waals surface area contributed by atoms with Crippen molar-refractivity contribution in [2.75, 3.05) is 39.8 Å². The molecule has 8 heteroatoms. The topological polar surface area (TPSA) is 98.8 Å². The van der Waals surface area contributed by atoms with Crippen molar-refractivity contribution in [3.05, 3.63) is 47.8 Å². The van der Waals surface area contributed by atoms with Crippen LogP contribution in [0, 0.1) is 0 Å². The lowest BCUT2D eigenvalue weighted by Crippen LogP contribution is -2.27. The molecule has 1 aromatic carbocycles. The SMILES string of the molecule is COCCNC(=O)c1cncc(C(=O)Nc2ccc(OC)c(OC)c2)c1. The average molecular weight is 359 g/mol. The van der Waals surface area contributed by atoms with Crippen molar-refractivity contribution in [2.45, 2.75) is 0 Å². The molecule has 1 aromatic heterocycles. The highest BCUT2D eigenvalue weighted by Crippen LogP contribution is 2.29. The van der Waals surface area contributed by atoms with Gasteiger partial charge in [0.05, 0.1) is 32.0 Å². The predicted octanol–water partition coefficient (Wildman–Crippen LogP) is 1.73. The Bertz CT molecular complexity index is 779. The Morgan fingerprint density at radius 2 is 1.65 bits per heavy atom. The van der Waals surface area contributed by atoms with E-state index in [9.17, 15) is 9.59 Å². The number of hydrogen-bond acceptors (Lipinski definition) is 6. The fraction of sp³-hybridized carbons (Fsp3) is 0.278. The highest BCUT2D eigenvalue weighted by Gasteiger charge is 2.13. The summed E-state index contributed by atoms with van der Waals surface area (Å²) >= 11 is 0. The van der Waals surface area contributed by atoms with Crippen molar-refractivity contribution in [1.29, 1.82) is 0 Å². The lowest BCUT2D eigenvalue weighted by atomic mass is 10.1. The van der Waals surface area contributed by atoms with Crippen LogP contribution in [0.5, 0.6) is 11.5 Å². The minimum absolute atomic E-state index is 0.263. The normalized spacial score (nSPS) is 10.1. The smallest absolute Gasteiger partial charge is 0.257 e. The first-order valence-corrected chi connectivity index (χ1v) is 7.84. The molecule has 2 aromatic rings.